The molecule has 2 N–H and O–H groups in total. The zero-order chi connectivity index (χ0) is 20.9. The maximum atomic E-state index is 6.28. The fourth-order valence-corrected chi connectivity index (χ4v) is 4.28. The van der Waals surface area contributed by atoms with Gasteiger partial charge >= 0.3 is 0 Å². The first-order valence-corrected chi connectivity index (χ1v) is 11.2. The van der Waals surface area contributed by atoms with Crippen LogP contribution in [0, 0.1) is 0 Å². The Bertz CT molecular complexity index is 928. The molecule has 0 radical (unpaired) electrons. The number of aromatic nitrogens is 3. The Balaban J connectivity index is 1.48. The Kier molecular flexibility index (Phi) is 6.71. The first kappa shape index (κ1) is 20.9. The topological polar surface area (TPSA) is 81.6 Å². The van der Waals surface area contributed by atoms with Crippen LogP contribution in [-0.4, -0.2) is 64.5 Å². The van der Waals surface area contributed by atoms with Crippen LogP contribution in [0.4, 0.5) is 11.9 Å². The van der Waals surface area contributed by atoms with Crippen LogP contribution in [-0.2, 0) is 6.42 Å². The SMILES string of the molecule is CCc1nc(NC2N=C(Cl)C=C(Sc3ccccc3)N2)nc(N2CCN(C)CC2)n1. The molecule has 2 aliphatic heterocycles. The van der Waals surface area contributed by atoms with E-state index in [1.807, 2.05) is 31.2 Å². The number of rotatable bonds is 6. The van der Waals surface area contributed by atoms with Gasteiger partial charge in [-0.25, -0.2) is 4.99 Å². The molecule has 0 bridgehead atoms. The van der Waals surface area contributed by atoms with Crippen LogP contribution < -0.4 is 15.5 Å². The highest BCUT2D eigenvalue weighted by Crippen LogP contribution is 2.27. The molecule has 8 nitrogen and oxygen atoms in total. The minimum absolute atomic E-state index is 0.425. The maximum Gasteiger partial charge on any atom is 0.230 e. The third-order valence-electron chi connectivity index (χ3n) is 4.79. The van der Waals surface area contributed by atoms with Crippen molar-refractivity contribution in [3.8, 4) is 0 Å². The van der Waals surface area contributed by atoms with E-state index in [1.165, 1.54) is 0 Å². The Morgan fingerprint density at radius 2 is 1.90 bits per heavy atom. The van der Waals surface area contributed by atoms with Crippen molar-refractivity contribution in [1.29, 1.82) is 0 Å². The molecule has 158 valence electrons. The van der Waals surface area contributed by atoms with Crippen LogP contribution in [0.15, 0.2) is 51.3 Å². The summed E-state index contributed by atoms with van der Waals surface area (Å²) in [7, 11) is 2.13. The Morgan fingerprint density at radius 1 is 1.13 bits per heavy atom. The molecular formula is C20H25ClN8S. The number of nitrogens with zero attached hydrogens (tertiary/aromatic N) is 6. The monoisotopic (exact) mass is 444 g/mol. The summed E-state index contributed by atoms with van der Waals surface area (Å²) >= 11 is 7.87. The van der Waals surface area contributed by atoms with E-state index in [0.29, 0.717) is 17.1 Å². The normalized spacial score (nSPS) is 19.7. The molecule has 10 heteroatoms. The van der Waals surface area contributed by atoms with Crippen LogP contribution in [0.25, 0.3) is 0 Å². The predicted molar refractivity (Wildman–Crippen MR) is 123 cm³/mol. The van der Waals surface area contributed by atoms with Crippen LogP contribution in [0.2, 0.25) is 0 Å². The first-order valence-electron chi connectivity index (χ1n) is 9.98. The number of thioether (sulfide) groups is 1. The van der Waals surface area contributed by atoms with Gasteiger partial charge in [-0.2, -0.15) is 15.0 Å². The molecular weight excluding hydrogens is 420 g/mol. The highest BCUT2D eigenvalue weighted by atomic mass is 35.5. The second-order valence-corrected chi connectivity index (χ2v) is 8.59. The van der Waals surface area contributed by atoms with Crippen molar-refractivity contribution < 1.29 is 0 Å². The van der Waals surface area contributed by atoms with E-state index in [9.17, 15) is 0 Å². The summed E-state index contributed by atoms with van der Waals surface area (Å²) in [5.74, 6) is 1.95. The van der Waals surface area contributed by atoms with E-state index in [1.54, 1.807) is 11.8 Å². The van der Waals surface area contributed by atoms with Crippen LogP contribution >= 0.6 is 23.4 Å². The van der Waals surface area contributed by atoms with E-state index < -0.39 is 6.29 Å². The fraction of sp³-hybridized carbons (Fsp3) is 0.400. The molecule has 3 heterocycles. The molecule has 0 saturated carbocycles. The number of nitrogens with one attached hydrogen (secondary N) is 2. The Hall–Kier alpha value is -2.36. The summed E-state index contributed by atoms with van der Waals surface area (Å²) in [6.45, 7) is 5.82. The number of piperazine rings is 1. The van der Waals surface area contributed by atoms with Gasteiger partial charge in [0.1, 0.15) is 11.0 Å². The molecule has 1 saturated heterocycles. The second kappa shape index (κ2) is 9.63. The van der Waals surface area contributed by atoms with E-state index >= 15 is 0 Å². The van der Waals surface area contributed by atoms with Gasteiger partial charge in [0.15, 0.2) is 6.29 Å². The molecule has 2 aromatic rings. The molecule has 30 heavy (non-hydrogen) atoms. The van der Waals surface area contributed by atoms with Crippen molar-refractivity contribution in [2.75, 3.05) is 43.4 Å². The zero-order valence-electron chi connectivity index (χ0n) is 17.0. The van der Waals surface area contributed by atoms with Gasteiger partial charge in [0.05, 0.1) is 5.03 Å². The summed E-state index contributed by atoms with van der Waals surface area (Å²) in [4.78, 5) is 23.9. The van der Waals surface area contributed by atoms with Gasteiger partial charge in [0.2, 0.25) is 11.9 Å². The van der Waals surface area contributed by atoms with Crippen molar-refractivity contribution in [2.24, 2.45) is 4.99 Å². The lowest BCUT2D eigenvalue weighted by Gasteiger charge is -2.32. The number of benzene rings is 1. The van der Waals surface area contributed by atoms with E-state index in [2.05, 4.69) is 59.6 Å². The molecule has 0 spiro atoms. The van der Waals surface area contributed by atoms with Gasteiger partial charge in [-0.3, -0.25) is 0 Å². The third kappa shape index (κ3) is 5.41. The lowest BCUT2D eigenvalue weighted by atomic mass is 10.3. The molecule has 1 aromatic carbocycles. The Labute approximate surface area is 185 Å². The summed E-state index contributed by atoms with van der Waals surface area (Å²) < 4.78 is 0. The van der Waals surface area contributed by atoms with Gasteiger partial charge in [-0.15, -0.1) is 0 Å². The number of halogens is 1. The van der Waals surface area contributed by atoms with E-state index in [0.717, 1.165) is 48.3 Å². The van der Waals surface area contributed by atoms with Crippen molar-refractivity contribution in [2.45, 2.75) is 24.5 Å². The van der Waals surface area contributed by atoms with Gasteiger partial charge in [0, 0.05) is 43.6 Å². The largest absolute Gasteiger partial charge is 0.341 e. The van der Waals surface area contributed by atoms with Crippen LogP contribution in [0.3, 0.4) is 0 Å². The smallest absolute Gasteiger partial charge is 0.230 e. The molecule has 1 atom stereocenters. The molecule has 2 aliphatic rings. The predicted octanol–water partition coefficient (Wildman–Crippen LogP) is 2.76. The van der Waals surface area contributed by atoms with Gasteiger partial charge in [-0.05, 0) is 19.2 Å². The van der Waals surface area contributed by atoms with Gasteiger partial charge < -0.3 is 20.4 Å². The highest BCUT2D eigenvalue weighted by Gasteiger charge is 2.21. The standard InChI is InChI=1S/C20H25ClN8S/c1-3-16-23-19(27-20(24-16)29-11-9-28(2)10-12-29)26-18-22-15(21)13-17(25-18)30-14-7-5-4-6-8-14/h4-8,13,18,25H,3,9-12H2,1-2H3,(H,23,24,26,27). The van der Waals surface area contributed by atoms with Crippen molar-refractivity contribution in [1.82, 2.24) is 25.2 Å². The third-order valence-corrected chi connectivity index (χ3v) is 5.96. The summed E-state index contributed by atoms with van der Waals surface area (Å²) in [6.07, 6.45) is 2.09. The van der Waals surface area contributed by atoms with E-state index in [-0.39, 0.29) is 0 Å². The van der Waals surface area contributed by atoms with Gasteiger partial charge in [0.25, 0.3) is 0 Å². The number of hydrogen-bond acceptors (Lipinski definition) is 9. The van der Waals surface area contributed by atoms with Crippen molar-refractivity contribution >= 4 is 40.4 Å². The molecule has 0 aliphatic carbocycles. The molecule has 1 fully saturated rings. The number of aliphatic imine (C=N–C) groups is 1. The summed E-state index contributed by atoms with van der Waals surface area (Å²) in [5, 5.41) is 7.93. The van der Waals surface area contributed by atoms with E-state index in [4.69, 9.17) is 11.6 Å². The minimum Gasteiger partial charge on any atom is -0.341 e. The quantitative estimate of drug-likeness (QED) is 0.703. The number of allylic oxidation sites excluding steroid dienone is 1. The Morgan fingerprint density at radius 3 is 2.63 bits per heavy atom. The fourth-order valence-electron chi connectivity index (χ4n) is 3.12. The number of likely N-dealkylation sites (N-methyl/N-ethyl adjacent to an activating group) is 1. The highest BCUT2D eigenvalue weighted by molar-refractivity contribution is 8.03. The lowest BCUT2D eigenvalue weighted by molar-refractivity contribution is 0.311. The van der Waals surface area contributed by atoms with Crippen molar-refractivity contribution in [3.05, 3.63) is 47.3 Å². The van der Waals surface area contributed by atoms with Crippen LogP contribution in [0.1, 0.15) is 12.7 Å². The molecule has 1 aromatic heterocycles. The average molecular weight is 445 g/mol. The molecule has 1 unspecified atom stereocenters. The lowest BCUT2D eigenvalue weighted by Crippen LogP contribution is -2.45. The summed E-state index contributed by atoms with van der Waals surface area (Å²) in [6, 6.07) is 10.1. The first-order chi connectivity index (χ1) is 14.6. The number of aryl methyl sites for hydroxylation is 1. The molecule has 4 rings (SSSR count). The second-order valence-electron chi connectivity index (χ2n) is 7.09. The van der Waals surface area contributed by atoms with Crippen LogP contribution in [0.5, 0.6) is 0 Å². The average Bonchev–Trinajstić information content (AvgIpc) is 2.74. The summed E-state index contributed by atoms with van der Waals surface area (Å²) in [5.41, 5.74) is 0. The number of hydrogen-bond donors (Lipinski definition) is 2. The number of anilines is 2. The zero-order valence-corrected chi connectivity index (χ0v) is 18.6. The van der Waals surface area contributed by atoms with Crippen molar-refractivity contribution in [3.63, 3.8) is 0 Å². The maximum absolute atomic E-state index is 6.28. The van der Waals surface area contributed by atoms with Gasteiger partial charge in [-0.1, -0.05) is 48.5 Å². The molecule has 0 amide bonds. The minimum atomic E-state index is -0.457.